The summed E-state index contributed by atoms with van der Waals surface area (Å²) in [6.07, 6.45) is 4.33. The van der Waals surface area contributed by atoms with E-state index in [0.29, 0.717) is 6.04 Å². The van der Waals surface area contributed by atoms with Gasteiger partial charge in [0.15, 0.2) is 0 Å². The van der Waals surface area contributed by atoms with Gasteiger partial charge >= 0.3 is 0 Å². The maximum atomic E-state index is 5.42. The standard InChI is InChI=1S/C11H19N3O/c1-9-10(7-13-14(9)2)6-12-11-4-3-5-15-8-11/h7,11-12H,3-6,8H2,1-2H3. The van der Waals surface area contributed by atoms with Crippen molar-refractivity contribution in [2.75, 3.05) is 13.2 Å². The van der Waals surface area contributed by atoms with Crippen LogP contribution < -0.4 is 5.32 Å². The van der Waals surface area contributed by atoms with E-state index in [1.54, 1.807) is 0 Å². The molecule has 1 saturated heterocycles. The molecule has 0 amide bonds. The number of hydrogen-bond donors (Lipinski definition) is 1. The minimum Gasteiger partial charge on any atom is -0.380 e. The van der Waals surface area contributed by atoms with Gasteiger partial charge in [-0.2, -0.15) is 5.10 Å². The molecule has 4 heteroatoms. The van der Waals surface area contributed by atoms with Crippen LogP contribution in [0.2, 0.25) is 0 Å². The highest BCUT2D eigenvalue weighted by Crippen LogP contribution is 2.09. The summed E-state index contributed by atoms with van der Waals surface area (Å²) in [4.78, 5) is 0. The molecule has 1 aliphatic rings. The second kappa shape index (κ2) is 4.77. The van der Waals surface area contributed by atoms with Gasteiger partial charge in [0.25, 0.3) is 0 Å². The van der Waals surface area contributed by atoms with Crippen molar-refractivity contribution in [2.24, 2.45) is 7.05 Å². The lowest BCUT2D eigenvalue weighted by Crippen LogP contribution is -2.36. The fourth-order valence-electron chi connectivity index (χ4n) is 1.87. The van der Waals surface area contributed by atoms with E-state index in [-0.39, 0.29) is 0 Å². The van der Waals surface area contributed by atoms with Crippen LogP contribution >= 0.6 is 0 Å². The second-order valence-electron chi connectivity index (χ2n) is 4.17. The molecule has 84 valence electrons. The molecule has 2 rings (SSSR count). The Morgan fingerprint density at radius 3 is 3.13 bits per heavy atom. The van der Waals surface area contributed by atoms with Crippen molar-refractivity contribution in [1.82, 2.24) is 15.1 Å². The van der Waals surface area contributed by atoms with Crippen molar-refractivity contribution in [2.45, 2.75) is 32.4 Å². The zero-order valence-corrected chi connectivity index (χ0v) is 9.49. The number of rotatable bonds is 3. The molecule has 1 unspecified atom stereocenters. The molecular weight excluding hydrogens is 190 g/mol. The highest BCUT2D eigenvalue weighted by Gasteiger charge is 2.13. The van der Waals surface area contributed by atoms with Gasteiger partial charge in [-0.1, -0.05) is 0 Å². The lowest BCUT2D eigenvalue weighted by molar-refractivity contribution is 0.0699. The van der Waals surface area contributed by atoms with Crippen LogP contribution in [0, 0.1) is 6.92 Å². The Bertz CT molecular complexity index is 316. The SMILES string of the molecule is Cc1c(CNC2CCCOC2)cnn1C. The first-order valence-electron chi connectivity index (χ1n) is 5.56. The third-order valence-corrected chi connectivity index (χ3v) is 3.08. The van der Waals surface area contributed by atoms with Gasteiger partial charge in [0.1, 0.15) is 0 Å². The first kappa shape index (κ1) is 10.6. The summed E-state index contributed by atoms with van der Waals surface area (Å²) in [7, 11) is 1.97. The maximum Gasteiger partial charge on any atom is 0.0619 e. The zero-order chi connectivity index (χ0) is 10.7. The summed E-state index contributed by atoms with van der Waals surface area (Å²) in [5.74, 6) is 0. The van der Waals surface area contributed by atoms with E-state index in [2.05, 4.69) is 17.3 Å². The molecule has 2 heterocycles. The molecule has 0 spiro atoms. The van der Waals surface area contributed by atoms with Gasteiger partial charge < -0.3 is 10.1 Å². The van der Waals surface area contributed by atoms with Crippen molar-refractivity contribution in [3.8, 4) is 0 Å². The van der Waals surface area contributed by atoms with Crippen LogP contribution in [-0.2, 0) is 18.3 Å². The number of aryl methyl sites for hydroxylation is 1. The van der Waals surface area contributed by atoms with Gasteiger partial charge in [-0.3, -0.25) is 4.68 Å². The highest BCUT2D eigenvalue weighted by molar-refractivity contribution is 5.15. The maximum absolute atomic E-state index is 5.42. The van der Waals surface area contributed by atoms with Crippen LogP contribution in [0.3, 0.4) is 0 Å². The Labute approximate surface area is 90.6 Å². The van der Waals surface area contributed by atoms with E-state index < -0.39 is 0 Å². The van der Waals surface area contributed by atoms with Gasteiger partial charge in [-0.25, -0.2) is 0 Å². The molecule has 0 radical (unpaired) electrons. The molecule has 0 saturated carbocycles. The highest BCUT2D eigenvalue weighted by atomic mass is 16.5. The monoisotopic (exact) mass is 209 g/mol. The predicted molar refractivity (Wildman–Crippen MR) is 58.6 cm³/mol. The molecule has 4 nitrogen and oxygen atoms in total. The van der Waals surface area contributed by atoms with E-state index in [0.717, 1.165) is 19.8 Å². The van der Waals surface area contributed by atoms with Crippen molar-refractivity contribution < 1.29 is 4.74 Å². The smallest absolute Gasteiger partial charge is 0.0619 e. The molecule has 1 aliphatic heterocycles. The normalized spacial score (nSPS) is 21.9. The van der Waals surface area contributed by atoms with E-state index in [9.17, 15) is 0 Å². The van der Waals surface area contributed by atoms with Gasteiger partial charge in [0, 0.05) is 37.5 Å². The number of hydrogen-bond acceptors (Lipinski definition) is 3. The summed E-state index contributed by atoms with van der Waals surface area (Å²) < 4.78 is 7.33. The molecule has 1 N–H and O–H groups in total. The third kappa shape index (κ3) is 2.58. The Morgan fingerprint density at radius 2 is 2.53 bits per heavy atom. The third-order valence-electron chi connectivity index (χ3n) is 3.08. The summed E-state index contributed by atoms with van der Waals surface area (Å²) >= 11 is 0. The molecule has 15 heavy (non-hydrogen) atoms. The van der Waals surface area contributed by atoms with Crippen molar-refractivity contribution >= 4 is 0 Å². The van der Waals surface area contributed by atoms with Crippen molar-refractivity contribution in [3.05, 3.63) is 17.5 Å². The summed E-state index contributed by atoms with van der Waals surface area (Å²) in [5.41, 5.74) is 2.52. The average molecular weight is 209 g/mol. The van der Waals surface area contributed by atoms with Gasteiger partial charge in [0.2, 0.25) is 0 Å². The minimum atomic E-state index is 0.512. The number of aromatic nitrogens is 2. The van der Waals surface area contributed by atoms with Crippen molar-refractivity contribution in [1.29, 1.82) is 0 Å². The number of nitrogens with zero attached hydrogens (tertiary/aromatic N) is 2. The van der Waals surface area contributed by atoms with Crippen LogP contribution in [0.4, 0.5) is 0 Å². The van der Waals surface area contributed by atoms with E-state index in [4.69, 9.17) is 4.74 Å². The molecule has 0 aliphatic carbocycles. The van der Waals surface area contributed by atoms with Crippen LogP contribution in [0.25, 0.3) is 0 Å². The summed E-state index contributed by atoms with van der Waals surface area (Å²) in [5, 5.41) is 7.74. The molecule has 1 aromatic rings. The van der Waals surface area contributed by atoms with Crippen LogP contribution in [0.5, 0.6) is 0 Å². The number of ether oxygens (including phenoxy) is 1. The molecule has 1 fully saturated rings. The van der Waals surface area contributed by atoms with Crippen LogP contribution in [0.15, 0.2) is 6.20 Å². The van der Waals surface area contributed by atoms with Crippen LogP contribution in [-0.4, -0.2) is 29.0 Å². The molecule has 0 aromatic carbocycles. The Kier molecular flexibility index (Phi) is 3.38. The fourth-order valence-corrected chi connectivity index (χ4v) is 1.87. The summed E-state index contributed by atoms with van der Waals surface area (Å²) in [6, 6.07) is 0.512. The van der Waals surface area contributed by atoms with E-state index in [1.807, 2.05) is 17.9 Å². The first-order chi connectivity index (χ1) is 7.27. The summed E-state index contributed by atoms with van der Waals surface area (Å²) in [6.45, 7) is 4.76. The Balaban J connectivity index is 1.84. The molecule has 0 bridgehead atoms. The predicted octanol–water partition coefficient (Wildman–Crippen LogP) is 0.997. The Hall–Kier alpha value is -0.870. The fraction of sp³-hybridized carbons (Fsp3) is 0.727. The van der Waals surface area contributed by atoms with Crippen molar-refractivity contribution in [3.63, 3.8) is 0 Å². The van der Waals surface area contributed by atoms with Gasteiger partial charge in [-0.15, -0.1) is 0 Å². The van der Waals surface area contributed by atoms with E-state index >= 15 is 0 Å². The second-order valence-corrected chi connectivity index (χ2v) is 4.17. The molecule has 1 aromatic heterocycles. The quantitative estimate of drug-likeness (QED) is 0.807. The minimum absolute atomic E-state index is 0.512. The van der Waals surface area contributed by atoms with Crippen LogP contribution in [0.1, 0.15) is 24.1 Å². The van der Waals surface area contributed by atoms with E-state index in [1.165, 1.54) is 24.1 Å². The first-order valence-corrected chi connectivity index (χ1v) is 5.56. The Morgan fingerprint density at radius 1 is 1.67 bits per heavy atom. The molecular formula is C11H19N3O. The number of nitrogens with one attached hydrogen (secondary N) is 1. The van der Waals surface area contributed by atoms with Gasteiger partial charge in [0.05, 0.1) is 12.8 Å². The lowest BCUT2D eigenvalue weighted by Gasteiger charge is -2.23. The van der Waals surface area contributed by atoms with Gasteiger partial charge in [-0.05, 0) is 19.8 Å². The zero-order valence-electron chi connectivity index (χ0n) is 9.49. The lowest BCUT2D eigenvalue weighted by atomic mass is 10.1. The average Bonchev–Trinajstić information content (AvgIpc) is 2.59. The largest absolute Gasteiger partial charge is 0.380 e. The molecule has 1 atom stereocenters. The topological polar surface area (TPSA) is 39.1 Å².